The second-order valence-electron chi connectivity index (χ2n) is 6.58. The predicted octanol–water partition coefficient (Wildman–Crippen LogP) is 0.878. The van der Waals surface area contributed by atoms with Gasteiger partial charge in [-0.25, -0.2) is 0 Å². The Bertz CT molecular complexity index is 782. The molecule has 0 radical (unpaired) electrons. The minimum Gasteiger partial charge on any atom is -0.367 e. The van der Waals surface area contributed by atoms with E-state index in [9.17, 15) is 14.4 Å². The number of amides is 3. The lowest BCUT2D eigenvalue weighted by Crippen LogP contribution is -2.56. The van der Waals surface area contributed by atoms with E-state index in [4.69, 9.17) is 0 Å². The van der Waals surface area contributed by atoms with Crippen LogP contribution >= 0.6 is 11.8 Å². The van der Waals surface area contributed by atoms with Gasteiger partial charge in [-0.05, 0) is 29.5 Å². The van der Waals surface area contributed by atoms with Crippen LogP contribution in [0.5, 0.6) is 0 Å². The van der Waals surface area contributed by atoms with Crippen LogP contribution in [0.25, 0.3) is 6.08 Å². The first-order chi connectivity index (χ1) is 12.6. The van der Waals surface area contributed by atoms with Gasteiger partial charge in [0.15, 0.2) is 0 Å². The minimum absolute atomic E-state index is 0.133. The highest BCUT2D eigenvalue weighted by atomic mass is 32.2. The molecule has 26 heavy (non-hydrogen) atoms. The van der Waals surface area contributed by atoms with E-state index < -0.39 is 0 Å². The van der Waals surface area contributed by atoms with Crippen LogP contribution in [-0.4, -0.2) is 61.2 Å². The fraction of sp³-hybridized carbons (Fsp3) is 0.389. The molecule has 3 saturated heterocycles. The van der Waals surface area contributed by atoms with Gasteiger partial charge in [-0.2, -0.15) is 0 Å². The highest BCUT2D eigenvalue weighted by molar-refractivity contribution is 8.18. The number of carbonyl (C=O) groups excluding carboxylic acids is 3. The van der Waals surface area contributed by atoms with Crippen molar-refractivity contribution in [2.75, 3.05) is 44.2 Å². The molecule has 8 heteroatoms. The number of nitrogens with one attached hydrogen (secondary N) is 2. The smallest absolute Gasteiger partial charge is 0.290 e. The summed E-state index contributed by atoms with van der Waals surface area (Å²) < 4.78 is 0. The second-order valence-corrected chi connectivity index (χ2v) is 7.59. The maximum Gasteiger partial charge on any atom is 0.290 e. The number of hydrogen-bond acceptors (Lipinski definition) is 6. The number of piperazine rings is 1. The average Bonchev–Trinajstić information content (AvgIpc) is 2.91. The number of para-hydroxylation sites is 1. The van der Waals surface area contributed by atoms with Gasteiger partial charge >= 0.3 is 0 Å². The Morgan fingerprint density at radius 3 is 2.46 bits per heavy atom. The predicted molar refractivity (Wildman–Crippen MR) is 101 cm³/mol. The van der Waals surface area contributed by atoms with Gasteiger partial charge in [-0.15, -0.1) is 0 Å². The van der Waals surface area contributed by atoms with Crippen LogP contribution in [0.1, 0.15) is 5.56 Å². The number of anilines is 1. The summed E-state index contributed by atoms with van der Waals surface area (Å²) in [7, 11) is 0. The highest BCUT2D eigenvalue weighted by Gasteiger charge is 2.31. The van der Waals surface area contributed by atoms with E-state index >= 15 is 0 Å². The van der Waals surface area contributed by atoms with Crippen LogP contribution in [0.4, 0.5) is 10.5 Å². The van der Waals surface area contributed by atoms with Crippen molar-refractivity contribution in [2.45, 2.75) is 0 Å². The van der Waals surface area contributed by atoms with E-state index in [0.717, 1.165) is 49.2 Å². The maximum atomic E-state index is 12.4. The molecule has 0 saturated carbocycles. The Kier molecular flexibility index (Phi) is 4.69. The van der Waals surface area contributed by atoms with E-state index in [-0.39, 0.29) is 23.0 Å². The molecule has 136 valence electrons. The summed E-state index contributed by atoms with van der Waals surface area (Å²) in [5.41, 5.74) is 1.92. The zero-order chi connectivity index (χ0) is 18.1. The van der Waals surface area contributed by atoms with E-state index in [1.54, 1.807) is 6.08 Å². The van der Waals surface area contributed by atoms with Crippen molar-refractivity contribution in [3.05, 3.63) is 34.7 Å². The topological polar surface area (TPSA) is 81.8 Å². The molecule has 0 bridgehead atoms. The van der Waals surface area contributed by atoms with Gasteiger partial charge in [-0.3, -0.25) is 19.7 Å². The number of carbonyl (C=O) groups is 3. The molecule has 3 aliphatic rings. The Morgan fingerprint density at radius 1 is 1.12 bits per heavy atom. The number of nitrogens with zero attached hydrogens (tertiary/aromatic N) is 2. The summed E-state index contributed by atoms with van der Waals surface area (Å²) in [4.78, 5) is 40.1. The van der Waals surface area contributed by atoms with Crippen LogP contribution < -0.4 is 15.5 Å². The molecule has 7 nitrogen and oxygen atoms in total. The molecule has 0 aliphatic carbocycles. The largest absolute Gasteiger partial charge is 0.367 e. The molecular weight excluding hydrogens is 352 g/mol. The first-order valence-corrected chi connectivity index (χ1v) is 9.52. The molecule has 1 aromatic rings. The number of hydrogen-bond donors (Lipinski definition) is 2. The van der Waals surface area contributed by atoms with Gasteiger partial charge in [-0.1, -0.05) is 18.2 Å². The SMILES string of the molecule is O=C1NC(=O)/C(=C/c2ccccc2N2CCN(C(=O)C3CNC3)CC2)S1. The van der Waals surface area contributed by atoms with Crippen LogP contribution in [0.2, 0.25) is 0 Å². The molecule has 4 rings (SSSR count). The molecular formula is C18H20N4O3S. The van der Waals surface area contributed by atoms with Crippen molar-refractivity contribution in [1.29, 1.82) is 0 Å². The summed E-state index contributed by atoms with van der Waals surface area (Å²) >= 11 is 0.924. The fourth-order valence-corrected chi connectivity index (χ4v) is 4.02. The Morgan fingerprint density at radius 2 is 1.85 bits per heavy atom. The number of thioether (sulfide) groups is 1. The Hall–Kier alpha value is -2.32. The quantitative estimate of drug-likeness (QED) is 0.767. The van der Waals surface area contributed by atoms with E-state index in [2.05, 4.69) is 15.5 Å². The average molecular weight is 372 g/mol. The van der Waals surface area contributed by atoms with Crippen LogP contribution in [0.3, 0.4) is 0 Å². The van der Waals surface area contributed by atoms with Crippen molar-refractivity contribution in [2.24, 2.45) is 5.92 Å². The maximum absolute atomic E-state index is 12.4. The molecule has 0 aromatic heterocycles. The summed E-state index contributed by atoms with van der Waals surface area (Å²) in [6, 6.07) is 7.83. The van der Waals surface area contributed by atoms with Crippen molar-refractivity contribution in [1.82, 2.24) is 15.5 Å². The van der Waals surface area contributed by atoms with Crippen molar-refractivity contribution >= 4 is 40.6 Å². The van der Waals surface area contributed by atoms with E-state index in [1.165, 1.54) is 0 Å². The third kappa shape index (κ3) is 3.34. The van der Waals surface area contributed by atoms with Crippen molar-refractivity contribution in [3.8, 4) is 0 Å². The lowest BCUT2D eigenvalue weighted by molar-refractivity contribution is -0.137. The van der Waals surface area contributed by atoms with Gasteiger partial charge < -0.3 is 15.1 Å². The standard InChI is InChI=1S/C18H20N4O3S/c23-16-15(26-18(25)20-16)9-12-3-1-2-4-14(12)21-5-7-22(8-6-21)17(24)13-10-19-11-13/h1-4,9,13,19H,5-8,10-11H2,(H,20,23,25)/b15-9-. The number of imide groups is 1. The zero-order valence-corrected chi connectivity index (χ0v) is 15.1. The van der Waals surface area contributed by atoms with Crippen LogP contribution in [0, 0.1) is 5.92 Å². The molecule has 3 aliphatic heterocycles. The number of benzene rings is 1. The van der Waals surface area contributed by atoms with Gasteiger partial charge in [0.2, 0.25) is 5.91 Å². The van der Waals surface area contributed by atoms with Gasteiger partial charge in [0, 0.05) is 45.0 Å². The first kappa shape index (κ1) is 17.1. The first-order valence-electron chi connectivity index (χ1n) is 8.70. The fourth-order valence-electron chi connectivity index (χ4n) is 3.35. The molecule has 3 fully saturated rings. The van der Waals surface area contributed by atoms with Crippen molar-refractivity contribution in [3.63, 3.8) is 0 Å². The van der Waals surface area contributed by atoms with Crippen molar-refractivity contribution < 1.29 is 14.4 Å². The lowest BCUT2D eigenvalue weighted by atomic mass is 10.0. The molecule has 2 N–H and O–H groups in total. The summed E-state index contributed by atoms with van der Waals surface area (Å²) in [6.45, 7) is 4.48. The summed E-state index contributed by atoms with van der Waals surface area (Å²) in [6.07, 6.45) is 1.76. The molecule has 0 unspecified atom stereocenters. The molecule has 3 heterocycles. The molecule has 0 spiro atoms. The Balaban J connectivity index is 1.47. The Labute approximate surface area is 155 Å². The minimum atomic E-state index is -0.348. The summed E-state index contributed by atoms with van der Waals surface area (Å²) in [5.74, 6) is 0.0321. The zero-order valence-electron chi connectivity index (χ0n) is 14.2. The monoisotopic (exact) mass is 372 g/mol. The molecule has 3 amide bonds. The third-order valence-corrected chi connectivity index (χ3v) is 5.74. The molecule has 0 atom stereocenters. The van der Waals surface area contributed by atoms with Crippen LogP contribution in [0.15, 0.2) is 29.2 Å². The lowest BCUT2D eigenvalue weighted by Gasteiger charge is -2.39. The van der Waals surface area contributed by atoms with Gasteiger partial charge in [0.1, 0.15) is 0 Å². The molecule has 1 aromatic carbocycles. The van der Waals surface area contributed by atoms with Crippen LogP contribution in [-0.2, 0) is 9.59 Å². The van der Waals surface area contributed by atoms with E-state index in [0.29, 0.717) is 18.0 Å². The number of rotatable bonds is 3. The highest BCUT2D eigenvalue weighted by Crippen LogP contribution is 2.30. The third-order valence-electron chi connectivity index (χ3n) is 4.93. The van der Waals surface area contributed by atoms with Gasteiger partial charge in [0.25, 0.3) is 11.1 Å². The van der Waals surface area contributed by atoms with E-state index in [1.807, 2.05) is 29.2 Å². The normalized spacial score (nSPS) is 22.5. The van der Waals surface area contributed by atoms with Gasteiger partial charge in [0.05, 0.1) is 10.8 Å². The summed E-state index contributed by atoms with van der Waals surface area (Å²) in [5, 5.41) is 5.08. The second kappa shape index (κ2) is 7.13.